The first-order chi connectivity index (χ1) is 13.5. The fourth-order valence-electron chi connectivity index (χ4n) is 3.37. The number of carbonyl (C=O) groups excluding carboxylic acids is 2. The number of halogens is 1. The van der Waals surface area contributed by atoms with Gasteiger partial charge in [-0.15, -0.1) is 0 Å². The van der Waals surface area contributed by atoms with Crippen molar-refractivity contribution in [2.75, 3.05) is 7.05 Å². The molecule has 1 saturated carbocycles. The van der Waals surface area contributed by atoms with Gasteiger partial charge in [-0.1, -0.05) is 22.0 Å². The van der Waals surface area contributed by atoms with E-state index in [1.807, 2.05) is 36.4 Å². The van der Waals surface area contributed by atoms with Gasteiger partial charge in [-0.25, -0.2) is 4.68 Å². The molecule has 1 aliphatic carbocycles. The molecule has 28 heavy (non-hydrogen) atoms. The van der Waals surface area contributed by atoms with Gasteiger partial charge < -0.3 is 5.32 Å². The minimum Gasteiger partial charge on any atom is -0.354 e. The summed E-state index contributed by atoms with van der Waals surface area (Å²) < 4.78 is 2.65. The quantitative estimate of drug-likeness (QED) is 0.591. The van der Waals surface area contributed by atoms with E-state index < -0.39 is 0 Å². The molecule has 0 aliphatic heterocycles. The van der Waals surface area contributed by atoms with Gasteiger partial charge in [0.05, 0.1) is 11.2 Å². The fraction of sp³-hybridized carbons (Fsp3) is 0.227. The molecule has 1 heterocycles. The number of fused-ring (bicyclic) bond motifs is 1. The number of hydrogen-bond donors (Lipinski definition) is 1. The maximum Gasteiger partial charge on any atom is 0.270 e. The minimum atomic E-state index is -0.181. The summed E-state index contributed by atoms with van der Waals surface area (Å²) in [5.74, 6) is 0.303. The molecule has 1 fully saturated rings. The number of allylic oxidation sites excluding steroid dienone is 1. The maximum absolute atomic E-state index is 12.7. The van der Waals surface area contributed by atoms with Crippen molar-refractivity contribution >= 4 is 44.6 Å². The molecule has 0 spiro atoms. The van der Waals surface area contributed by atoms with Crippen molar-refractivity contribution in [3.63, 3.8) is 0 Å². The van der Waals surface area contributed by atoms with Crippen LogP contribution in [0.3, 0.4) is 0 Å². The summed E-state index contributed by atoms with van der Waals surface area (Å²) in [6.07, 6.45) is 5.69. The van der Waals surface area contributed by atoms with Gasteiger partial charge in [-0.05, 0) is 79.3 Å². The van der Waals surface area contributed by atoms with Gasteiger partial charge in [0.25, 0.3) is 5.91 Å². The summed E-state index contributed by atoms with van der Waals surface area (Å²) in [5.41, 5.74) is 4.23. The van der Waals surface area contributed by atoms with Gasteiger partial charge in [0.2, 0.25) is 0 Å². The Morgan fingerprint density at radius 1 is 1.21 bits per heavy atom. The number of nitrogens with zero attached hydrogens (tertiary/aromatic N) is 2. The predicted octanol–water partition coefficient (Wildman–Crippen LogP) is 4.63. The zero-order valence-corrected chi connectivity index (χ0v) is 17.3. The number of amides is 1. The molecule has 4 rings (SSSR count). The Morgan fingerprint density at radius 2 is 1.93 bits per heavy atom. The van der Waals surface area contributed by atoms with Crippen LogP contribution in [-0.2, 0) is 4.79 Å². The van der Waals surface area contributed by atoms with Crippen molar-refractivity contribution in [3.8, 4) is 5.69 Å². The van der Waals surface area contributed by atoms with Gasteiger partial charge in [-0.3, -0.25) is 9.59 Å². The van der Waals surface area contributed by atoms with Crippen molar-refractivity contribution in [1.82, 2.24) is 15.1 Å². The molecule has 142 valence electrons. The van der Waals surface area contributed by atoms with Crippen molar-refractivity contribution in [3.05, 3.63) is 63.8 Å². The molecule has 0 radical (unpaired) electrons. The normalized spacial score (nSPS) is 14.0. The highest BCUT2D eigenvalue weighted by atomic mass is 79.9. The highest BCUT2D eigenvalue weighted by molar-refractivity contribution is 9.10. The van der Waals surface area contributed by atoms with E-state index in [2.05, 4.69) is 27.3 Å². The second-order valence-electron chi connectivity index (χ2n) is 7.03. The third kappa shape index (κ3) is 3.52. The average Bonchev–Trinajstić information content (AvgIpc) is 3.46. The van der Waals surface area contributed by atoms with Crippen molar-refractivity contribution in [2.24, 2.45) is 0 Å². The molecule has 0 atom stereocenters. The summed E-state index contributed by atoms with van der Waals surface area (Å²) in [6, 6.07) is 11.7. The highest BCUT2D eigenvalue weighted by Gasteiger charge is 2.28. The largest absolute Gasteiger partial charge is 0.354 e. The number of carbonyl (C=O) groups is 2. The van der Waals surface area contributed by atoms with Crippen LogP contribution in [0, 0.1) is 0 Å². The second kappa shape index (κ2) is 7.36. The molecule has 3 aromatic rings. The Bertz CT molecular complexity index is 1110. The van der Waals surface area contributed by atoms with E-state index in [4.69, 9.17) is 5.10 Å². The lowest BCUT2D eigenvalue weighted by atomic mass is 9.99. The van der Waals surface area contributed by atoms with Crippen LogP contribution in [0.5, 0.6) is 0 Å². The van der Waals surface area contributed by atoms with Gasteiger partial charge in [-0.2, -0.15) is 5.10 Å². The Morgan fingerprint density at radius 3 is 2.54 bits per heavy atom. The van der Waals surface area contributed by atoms with E-state index in [1.54, 1.807) is 17.8 Å². The molecule has 2 aromatic carbocycles. The monoisotopic (exact) mass is 437 g/mol. The first-order valence-corrected chi connectivity index (χ1v) is 10.0. The van der Waals surface area contributed by atoms with Crippen LogP contribution in [0.4, 0.5) is 0 Å². The third-order valence-electron chi connectivity index (χ3n) is 4.90. The molecular weight excluding hydrogens is 418 g/mol. The molecule has 5 nitrogen and oxygen atoms in total. The third-order valence-corrected chi connectivity index (χ3v) is 5.43. The van der Waals surface area contributed by atoms with Crippen LogP contribution in [0.15, 0.2) is 46.9 Å². The molecular formula is C22H20BrN3O2. The van der Waals surface area contributed by atoms with Crippen molar-refractivity contribution in [1.29, 1.82) is 0 Å². The molecule has 0 saturated heterocycles. The molecule has 1 N–H and O–H groups in total. The Balaban J connectivity index is 1.96. The minimum absolute atomic E-state index is 0.00767. The van der Waals surface area contributed by atoms with E-state index in [0.29, 0.717) is 11.6 Å². The van der Waals surface area contributed by atoms with Crippen LogP contribution >= 0.6 is 15.9 Å². The van der Waals surface area contributed by atoms with Crippen molar-refractivity contribution in [2.45, 2.75) is 25.7 Å². The average molecular weight is 438 g/mol. The zero-order chi connectivity index (χ0) is 19.8. The van der Waals surface area contributed by atoms with E-state index in [0.717, 1.165) is 39.5 Å². The molecule has 6 heteroatoms. The first-order valence-electron chi connectivity index (χ1n) is 9.21. The van der Waals surface area contributed by atoms with Crippen LogP contribution in [0.2, 0.25) is 0 Å². The van der Waals surface area contributed by atoms with Gasteiger partial charge in [0.1, 0.15) is 5.69 Å². The van der Waals surface area contributed by atoms with Gasteiger partial charge in [0, 0.05) is 16.9 Å². The van der Waals surface area contributed by atoms with E-state index in [9.17, 15) is 9.59 Å². The van der Waals surface area contributed by atoms with Gasteiger partial charge >= 0.3 is 0 Å². The lowest BCUT2D eigenvalue weighted by Crippen LogP contribution is -2.21. The number of hydrogen-bond acceptors (Lipinski definition) is 3. The molecule has 0 bridgehead atoms. The fourth-order valence-corrected chi connectivity index (χ4v) is 3.64. The summed E-state index contributed by atoms with van der Waals surface area (Å²) in [7, 11) is 1.62. The number of aromatic nitrogens is 2. The Labute approximate surface area is 171 Å². The zero-order valence-electron chi connectivity index (χ0n) is 15.7. The predicted molar refractivity (Wildman–Crippen MR) is 114 cm³/mol. The maximum atomic E-state index is 12.7. The summed E-state index contributed by atoms with van der Waals surface area (Å²) >= 11 is 3.44. The smallest absolute Gasteiger partial charge is 0.270 e. The lowest BCUT2D eigenvalue weighted by Gasteiger charge is -2.08. The van der Waals surface area contributed by atoms with E-state index >= 15 is 0 Å². The van der Waals surface area contributed by atoms with Gasteiger partial charge in [0.15, 0.2) is 5.78 Å². The number of benzene rings is 2. The molecule has 0 unspecified atom stereocenters. The standard InChI is InChI=1S/C22H20BrN3O2/c1-13(27)3-4-15-11-20-19(12-18(15)14-5-6-14)21(22(28)24-2)26(25-20)17-9-7-16(23)8-10-17/h3-4,7-12,14H,5-6H2,1-2H3,(H,24,28). The van der Waals surface area contributed by atoms with E-state index in [1.165, 1.54) is 12.5 Å². The number of ketones is 1. The summed E-state index contributed by atoms with van der Waals surface area (Å²) in [5, 5.41) is 8.27. The number of nitrogens with one attached hydrogen (secondary N) is 1. The highest BCUT2D eigenvalue weighted by Crippen LogP contribution is 2.43. The van der Waals surface area contributed by atoms with Crippen LogP contribution in [0.25, 0.3) is 22.7 Å². The number of rotatable bonds is 5. The molecule has 1 aromatic heterocycles. The SMILES string of the molecule is CNC(=O)c1c2cc(C3CC3)c(C=CC(C)=O)cc2nn1-c1ccc(Br)cc1. The topological polar surface area (TPSA) is 64.0 Å². The molecule has 1 aliphatic rings. The second-order valence-corrected chi connectivity index (χ2v) is 7.95. The van der Waals surface area contributed by atoms with Crippen molar-refractivity contribution < 1.29 is 9.59 Å². The van der Waals surface area contributed by atoms with Crippen LogP contribution < -0.4 is 5.32 Å². The molecule has 1 amide bonds. The summed E-state index contributed by atoms with van der Waals surface area (Å²) in [4.78, 5) is 24.1. The van der Waals surface area contributed by atoms with Crippen LogP contribution in [0.1, 0.15) is 47.3 Å². The van der Waals surface area contributed by atoms with E-state index in [-0.39, 0.29) is 11.7 Å². The Hall–Kier alpha value is -2.73. The Kier molecular flexibility index (Phi) is 4.89. The van der Waals surface area contributed by atoms with Crippen LogP contribution in [-0.4, -0.2) is 28.5 Å². The summed E-state index contributed by atoms with van der Waals surface area (Å²) in [6.45, 7) is 1.54. The lowest BCUT2D eigenvalue weighted by molar-refractivity contribution is -0.112. The first kappa shape index (κ1) is 18.6.